The SMILES string of the molecule is CN1C(=O)C2C(=[N+]=C3N(c4ccccc4[O-])C(c4ccc(Cl)cc4)=CN32)N(C)C1=O. The minimum absolute atomic E-state index is 0.185. The number of carbonyl (C=O) groups is 2. The Morgan fingerprint density at radius 3 is 2.40 bits per heavy atom. The second-order valence-electron chi connectivity index (χ2n) is 7.14. The number of guanidine groups is 1. The van der Waals surface area contributed by atoms with Crippen molar-refractivity contribution in [3.63, 3.8) is 0 Å². The van der Waals surface area contributed by atoms with E-state index in [4.69, 9.17) is 11.6 Å². The van der Waals surface area contributed by atoms with Crippen molar-refractivity contribution in [1.82, 2.24) is 19.4 Å². The van der Waals surface area contributed by atoms with E-state index in [1.165, 1.54) is 18.0 Å². The van der Waals surface area contributed by atoms with Crippen LogP contribution in [0.15, 0.2) is 54.7 Å². The van der Waals surface area contributed by atoms with E-state index >= 15 is 0 Å². The van der Waals surface area contributed by atoms with Crippen LogP contribution in [0.2, 0.25) is 5.02 Å². The van der Waals surface area contributed by atoms with Gasteiger partial charge in [0, 0.05) is 17.6 Å². The Bertz CT molecular complexity index is 1200. The lowest BCUT2D eigenvalue weighted by molar-refractivity contribution is -0.267. The zero-order valence-electron chi connectivity index (χ0n) is 16.1. The van der Waals surface area contributed by atoms with Gasteiger partial charge in [0.2, 0.25) is 6.04 Å². The lowest BCUT2D eigenvalue weighted by Crippen LogP contribution is -2.62. The molecule has 150 valence electrons. The standard InChI is InChI=1S/C21H16ClN5O3/c1-24-18-17(19(29)25(2)21(24)30)26-11-15(12-7-9-13(22)10-8-12)27(20(26)23-18)14-5-3-4-6-16(14)28/h3-11,17H,1-2H3. The summed E-state index contributed by atoms with van der Waals surface area (Å²) in [6.07, 6.45) is 1.78. The highest BCUT2D eigenvalue weighted by Gasteiger charge is 2.58. The number of imide groups is 1. The first-order chi connectivity index (χ1) is 14.4. The zero-order valence-corrected chi connectivity index (χ0v) is 16.9. The Kier molecular flexibility index (Phi) is 3.89. The van der Waals surface area contributed by atoms with E-state index in [0.29, 0.717) is 28.2 Å². The molecule has 5 rings (SSSR count). The van der Waals surface area contributed by atoms with Crippen LogP contribution < -0.4 is 14.7 Å². The predicted molar refractivity (Wildman–Crippen MR) is 112 cm³/mol. The number of nitrogens with zero attached hydrogens (tertiary/aromatic N) is 5. The van der Waals surface area contributed by atoms with Crippen molar-refractivity contribution in [2.45, 2.75) is 6.04 Å². The number of fused-ring (bicyclic) bond motifs is 3. The average molecular weight is 422 g/mol. The number of carbonyl (C=O) groups excluding carboxylic acids is 2. The fraction of sp³-hybridized carbons (Fsp3) is 0.143. The van der Waals surface area contributed by atoms with Gasteiger partial charge in [-0.15, -0.1) is 0 Å². The van der Waals surface area contributed by atoms with Gasteiger partial charge in [-0.25, -0.2) is 24.2 Å². The molecule has 0 radical (unpaired) electrons. The number of hydrogen-bond acceptors (Lipinski definition) is 5. The molecule has 3 amide bonds. The molecule has 2 aromatic rings. The summed E-state index contributed by atoms with van der Waals surface area (Å²) >= 11 is 6.04. The minimum Gasteiger partial charge on any atom is -0.870 e. The Labute approximate surface area is 177 Å². The zero-order chi connectivity index (χ0) is 21.2. The van der Waals surface area contributed by atoms with E-state index in [0.717, 1.165) is 10.5 Å². The number of benzene rings is 2. The van der Waals surface area contributed by atoms with Gasteiger partial charge in [0.25, 0.3) is 5.91 Å². The predicted octanol–water partition coefficient (Wildman–Crippen LogP) is 1.26. The molecule has 1 unspecified atom stereocenters. The maximum atomic E-state index is 12.9. The van der Waals surface area contributed by atoms with E-state index in [-0.39, 0.29) is 11.7 Å². The van der Waals surface area contributed by atoms with Crippen molar-refractivity contribution in [3.8, 4) is 5.75 Å². The molecule has 0 bridgehead atoms. The number of hydrogen-bond donors (Lipinski definition) is 0. The first-order valence-corrected chi connectivity index (χ1v) is 9.59. The Balaban J connectivity index is 1.71. The first-order valence-electron chi connectivity index (χ1n) is 9.21. The number of likely N-dealkylation sites (N-methyl/N-ethyl adjacent to an activating group) is 2. The molecule has 1 fully saturated rings. The Morgan fingerprint density at radius 1 is 1.00 bits per heavy atom. The van der Waals surface area contributed by atoms with Gasteiger partial charge < -0.3 is 5.11 Å². The van der Waals surface area contributed by atoms with E-state index in [2.05, 4.69) is 4.67 Å². The van der Waals surface area contributed by atoms with Crippen molar-refractivity contribution in [2.75, 3.05) is 19.0 Å². The fourth-order valence-electron chi connectivity index (χ4n) is 3.85. The van der Waals surface area contributed by atoms with Gasteiger partial charge in [-0.1, -0.05) is 47.7 Å². The maximum Gasteiger partial charge on any atom is 0.415 e. The maximum absolute atomic E-state index is 12.9. The van der Waals surface area contributed by atoms with Crippen molar-refractivity contribution >= 4 is 46.7 Å². The highest BCUT2D eigenvalue weighted by molar-refractivity contribution is 6.30. The second kappa shape index (κ2) is 6.38. The summed E-state index contributed by atoms with van der Waals surface area (Å²) < 4.78 is 4.61. The largest absolute Gasteiger partial charge is 0.870 e. The molecule has 2 aromatic carbocycles. The summed E-state index contributed by atoms with van der Waals surface area (Å²) in [5.41, 5.74) is 1.89. The molecule has 1 saturated heterocycles. The summed E-state index contributed by atoms with van der Waals surface area (Å²) in [4.78, 5) is 31.1. The lowest BCUT2D eigenvalue weighted by Gasteiger charge is -2.30. The second-order valence-corrected chi connectivity index (χ2v) is 7.58. The monoisotopic (exact) mass is 421 g/mol. The molecule has 1 atom stereocenters. The van der Waals surface area contributed by atoms with Crippen LogP contribution in [0.25, 0.3) is 5.70 Å². The molecule has 8 nitrogen and oxygen atoms in total. The van der Waals surface area contributed by atoms with Gasteiger partial charge in [-0.2, -0.15) is 0 Å². The number of urea groups is 1. The van der Waals surface area contributed by atoms with Crippen LogP contribution in [0.3, 0.4) is 0 Å². The molecule has 30 heavy (non-hydrogen) atoms. The number of para-hydroxylation sites is 2. The number of rotatable bonds is 2. The van der Waals surface area contributed by atoms with Crippen LogP contribution in [0, 0.1) is 0 Å². The Morgan fingerprint density at radius 2 is 1.70 bits per heavy atom. The molecule has 9 heteroatoms. The first kappa shape index (κ1) is 18.3. The molecule has 0 spiro atoms. The van der Waals surface area contributed by atoms with Crippen LogP contribution in [-0.2, 0) is 4.79 Å². The van der Waals surface area contributed by atoms with Crippen LogP contribution in [0.5, 0.6) is 5.75 Å². The lowest BCUT2D eigenvalue weighted by atomic mass is 10.1. The topological polar surface area (TPSA) is 84.3 Å². The molecule has 3 aliphatic rings. The number of anilines is 1. The fourth-order valence-corrected chi connectivity index (χ4v) is 3.97. The number of amidine groups is 1. The summed E-state index contributed by atoms with van der Waals surface area (Å²) in [5.74, 6) is 0.162. The minimum atomic E-state index is -0.779. The van der Waals surface area contributed by atoms with Crippen LogP contribution in [-0.4, -0.2) is 58.6 Å². The van der Waals surface area contributed by atoms with Crippen molar-refractivity contribution < 1.29 is 14.7 Å². The summed E-state index contributed by atoms with van der Waals surface area (Å²) in [6, 6.07) is 12.6. The van der Waals surface area contributed by atoms with Gasteiger partial charge >= 0.3 is 17.8 Å². The molecular weight excluding hydrogens is 406 g/mol. The van der Waals surface area contributed by atoms with Crippen LogP contribution in [0.1, 0.15) is 5.56 Å². The average Bonchev–Trinajstić information content (AvgIpc) is 3.28. The van der Waals surface area contributed by atoms with Gasteiger partial charge in [-0.05, 0) is 18.2 Å². The molecule has 0 aliphatic carbocycles. The third-order valence-electron chi connectivity index (χ3n) is 5.40. The molecule has 0 saturated carbocycles. The molecule has 0 aromatic heterocycles. The summed E-state index contributed by atoms with van der Waals surface area (Å²) in [6.45, 7) is 0. The number of halogens is 1. The van der Waals surface area contributed by atoms with E-state index in [1.54, 1.807) is 53.4 Å². The Hall–Kier alpha value is -3.74. The normalized spacial score (nSPS) is 20.2. The van der Waals surface area contributed by atoms with Crippen molar-refractivity contribution in [2.24, 2.45) is 0 Å². The molecular formula is C21H16ClN5O3. The van der Waals surface area contributed by atoms with E-state index in [1.807, 2.05) is 12.1 Å². The molecule has 0 N–H and O–H groups in total. The van der Waals surface area contributed by atoms with Crippen molar-refractivity contribution in [3.05, 3.63) is 65.3 Å². The third kappa shape index (κ3) is 2.45. The summed E-state index contributed by atoms with van der Waals surface area (Å²) in [7, 11) is 3.02. The third-order valence-corrected chi connectivity index (χ3v) is 5.65. The summed E-state index contributed by atoms with van der Waals surface area (Å²) in [5, 5.41) is 13.3. The van der Waals surface area contributed by atoms with Crippen LogP contribution >= 0.6 is 11.6 Å². The molecule has 3 heterocycles. The van der Waals surface area contributed by atoms with Gasteiger partial charge in [-0.3, -0.25) is 9.69 Å². The van der Waals surface area contributed by atoms with E-state index in [9.17, 15) is 14.7 Å². The van der Waals surface area contributed by atoms with Gasteiger partial charge in [0.1, 0.15) is 5.70 Å². The van der Waals surface area contributed by atoms with Crippen LogP contribution in [0.4, 0.5) is 10.5 Å². The smallest absolute Gasteiger partial charge is 0.415 e. The highest BCUT2D eigenvalue weighted by Crippen LogP contribution is 2.38. The number of amides is 3. The van der Waals surface area contributed by atoms with Gasteiger partial charge in [0.15, 0.2) is 0 Å². The highest BCUT2D eigenvalue weighted by atomic mass is 35.5. The quantitative estimate of drug-likeness (QED) is 0.682. The molecule has 3 aliphatic heterocycles. The van der Waals surface area contributed by atoms with E-state index < -0.39 is 12.1 Å². The van der Waals surface area contributed by atoms with Gasteiger partial charge in [0.05, 0.1) is 18.9 Å². The van der Waals surface area contributed by atoms with Crippen molar-refractivity contribution in [1.29, 1.82) is 0 Å².